The van der Waals surface area contributed by atoms with Crippen LogP contribution in [0.3, 0.4) is 0 Å². The Morgan fingerprint density at radius 1 is 1.00 bits per heavy atom. The number of sulfonamides is 1. The molecule has 1 aliphatic carbocycles. The summed E-state index contributed by atoms with van der Waals surface area (Å²) in [6, 6.07) is 19.5. The van der Waals surface area contributed by atoms with Crippen molar-refractivity contribution in [1.29, 1.82) is 0 Å². The van der Waals surface area contributed by atoms with E-state index in [1.54, 1.807) is 55.6 Å². The predicted molar refractivity (Wildman–Crippen MR) is 165 cm³/mol. The first-order valence-corrected chi connectivity index (χ1v) is 16.0. The summed E-state index contributed by atoms with van der Waals surface area (Å²) < 4.78 is 34.3. The molecule has 1 atom stereocenters. The van der Waals surface area contributed by atoms with Gasteiger partial charge in [0.25, 0.3) is 10.0 Å². The smallest absolute Gasteiger partial charge is 0.264 e. The minimum absolute atomic E-state index is 0.0357. The van der Waals surface area contributed by atoms with Crippen molar-refractivity contribution in [3.8, 4) is 5.75 Å². The Kier molecular flexibility index (Phi) is 10.5. The van der Waals surface area contributed by atoms with E-state index in [-0.39, 0.29) is 34.1 Å². The molecule has 0 aromatic heterocycles. The third-order valence-corrected chi connectivity index (χ3v) is 9.70. The third kappa shape index (κ3) is 7.44. The lowest BCUT2D eigenvalue weighted by Crippen LogP contribution is -2.53. The fourth-order valence-corrected chi connectivity index (χ4v) is 6.94. The van der Waals surface area contributed by atoms with Crippen molar-refractivity contribution in [3.63, 3.8) is 0 Å². The molecule has 3 aromatic carbocycles. The van der Waals surface area contributed by atoms with Crippen LogP contribution in [-0.4, -0.2) is 50.9 Å². The highest BCUT2D eigenvalue weighted by Gasteiger charge is 2.35. The Balaban J connectivity index is 1.72. The van der Waals surface area contributed by atoms with E-state index in [1.165, 1.54) is 17.0 Å². The van der Waals surface area contributed by atoms with Crippen LogP contribution in [0, 0.1) is 6.92 Å². The second kappa shape index (κ2) is 14.1. The molecule has 224 valence electrons. The molecule has 1 saturated carbocycles. The summed E-state index contributed by atoms with van der Waals surface area (Å²) in [6.07, 6.45) is 4.28. The van der Waals surface area contributed by atoms with Crippen LogP contribution in [0.1, 0.15) is 50.2 Å². The van der Waals surface area contributed by atoms with E-state index < -0.39 is 28.5 Å². The minimum atomic E-state index is -4.19. The average molecular weight is 612 g/mol. The van der Waals surface area contributed by atoms with Crippen molar-refractivity contribution in [2.24, 2.45) is 0 Å². The number of hydrogen-bond acceptors (Lipinski definition) is 5. The third-order valence-electron chi connectivity index (χ3n) is 7.61. The van der Waals surface area contributed by atoms with Gasteiger partial charge in [-0.1, -0.05) is 73.3 Å². The zero-order valence-electron chi connectivity index (χ0n) is 24.3. The summed E-state index contributed by atoms with van der Waals surface area (Å²) in [7, 11) is -2.62. The summed E-state index contributed by atoms with van der Waals surface area (Å²) in [4.78, 5) is 29.3. The van der Waals surface area contributed by atoms with E-state index in [0.717, 1.165) is 41.1 Å². The molecule has 4 rings (SSSR count). The molecule has 3 aromatic rings. The summed E-state index contributed by atoms with van der Waals surface area (Å²) in [5.41, 5.74) is 1.86. The van der Waals surface area contributed by atoms with E-state index in [2.05, 4.69) is 5.32 Å². The molecule has 0 heterocycles. The first kappa shape index (κ1) is 31.4. The SMILES string of the molecule is CC[C@@H](C(=O)NC1CCCC1)N(Cc1ccc(OC)cc1)C(=O)CN(c1ccccc1Cl)S(=O)(=O)c1ccc(C)cc1. The first-order chi connectivity index (χ1) is 20.1. The van der Waals surface area contributed by atoms with Crippen LogP contribution in [0.15, 0.2) is 77.7 Å². The fraction of sp³-hybridized carbons (Fsp3) is 0.375. The van der Waals surface area contributed by atoms with Gasteiger partial charge in [0.05, 0.1) is 22.7 Å². The van der Waals surface area contributed by atoms with Crippen molar-refractivity contribution in [2.45, 2.75) is 69.5 Å². The molecule has 1 N–H and O–H groups in total. The van der Waals surface area contributed by atoms with Crippen LogP contribution in [0.5, 0.6) is 5.75 Å². The van der Waals surface area contributed by atoms with Gasteiger partial charge in [-0.3, -0.25) is 13.9 Å². The van der Waals surface area contributed by atoms with Gasteiger partial charge in [0, 0.05) is 12.6 Å². The number of halogens is 1. The number of carbonyl (C=O) groups excluding carboxylic acids is 2. The number of rotatable bonds is 12. The molecule has 1 aliphatic rings. The molecule has 0 aliphatic heterocycles. The molecule has 42 heavy (non-hydrogen) atoms. The molecular formula is C32H38ClN3O5S. The molecule has 0 radical (unpaired) electrons. The van der Waals surface area contributed by atoms with Crippen LogP contribution in [0.2, 0.25) is 5.02 Å². The molecule has 0 bridgehead atoms. The highest BCUT2D eigenvalue weighted by molar-refractivity contribution is 7.92. The summed E-state index contributed by atoms with van der Waals surface area (Å²) >= 11 is 6.49. The number of methoxy groups -OCH3 is 1. The van der Waals surface area contributed by atoms with Crippen LogP contribution >= 0.6 is 11.6 Å². The van der Waals surface area contributed by atoms with Gasteiger partial charge in [-0.05, 0) is 68.1 Å². The second-order valence-electron chi connectivity index (χ2n) is 10.6. The van der Waals surface area contributed by atoms with Crippen molar-refractivity contribution in [1.82, 2.24) is 10.2 Å². The average Bonchev–Trinajstić information content (AvgIpc) is 3.49. The lowest BCUT2D eigenvalue weighted by Gasteiger charge is -2.34. The Labute approximate surface area is 253 Å². The van der Waals surface area contributed by atoms with Crippen molar-refractivity contribution in [3.05, 3.63) is 88.9 Å². The number of para-hydroxylation sites is 1. The Morgan fingerprint density at radius 3 is 2.24 bits per heavy atom. The van der Waals surface area contributed by atoms with Gasteiger partial charge < -0.3 is 15.0 Å². The van der Waals surface area contributed by atoms with Gasteiger partial charge >= 0.3 is 0 Å². The van der Waals surface area contributed by atoms with Gasteiger partial charge in [0.2, 0.25) is 11.8 Å². The highest BCUT2D eigenvalue weighted by atomic mass is 35.5. The van der Waals surface area contributed by atoms with Gasteiger partial charge in [0.1, 0.15) is 18.3 Å². The van der Waals surface area contributed by atoms with E-state index in [9.17, 15) is 18.0 Å². The summed E-state index contributed by atoms with van der Waals surface area (Å²) in [5.74, 6) is -0.0940. The van der Waals surface area contributed by atoms with Gasteiger partial charge in [-0.2, -0.15) is 0 Å². The fourth-order valence-electron chi connectivity index (χ4n) is 5.22. The largest absolute Gasteiger partial charge is 0.497 e. The number of aryl methyl sites for hydroxylation is 1. The maximum atomic E-state index is 14.2. The number of benzene rings is 3. The van der Waals surface area contributed by atoms with Crippen LogP contribution in [0.4, 0.5) is 5.69 Å². The number of amides is 2. The van der Waals surface area contributed by atoms with Crippen molar-refractivity contribution < 1.29 is 22.7 Å². The standard InChI is InChI=1S/C32H38ClN3O5S/c1-4-29(32(38)34-25-9-5-6-10-25)35(21-24-15-17-26(41-3)18-16-24)31(37)22-36(30-12-8-7-11-28(30)33)42(39,40)27-19-13-23(2)14-20-27/h7-8,11-20,25,29H,4-6,9-10,21-22H2,1-3H3,(H,34,38)/t29-/m0/s1. The second-order valence-corrected chi connectivity index (χ2v) is 12.8. The Bertz CT molecular complexity index is 1470. The number of anilines is 1. The first-order valence-electron chi connectivity index (χ1n) is 14.2. The van der Waals surface area contributed by atoms with Gasteiger partial charge in [-0.15, -0.1) is 0 Å². The van der Waals surface area contributed by atoms with Crippen molar-refractivity contribution >= 4 is 39.1 Å². The monoisotopic (exact) mass is 611 g/mol. The number of ether oxygens (including phenoxy) is 1. The zero-order valence-corrected chi connectivity index (χ0v) is 25.8. The number of carbonyl (C=O) groups is 2. The Hall–Kier alpha value is -3.56. The number of nitrogens with one attached hydrogen (secondary N) is 1. The molecule has 1 fully saturated rings. The topological polar surface area (TPSA) is 96.0 Å². The summed E-state index contributed by atoms with van der Waals surface area (Å²) in [6.45, 7) is 3.29. The molecular weight excluding hydrogens is 574 g/mol. The maximum Gasteiger partial charge on any atom is 0.264 e. The van der Waals surface area contributed by atoms with Crippen LogP contribution < -0.4 is 14.4 Å². The molecule has 0 saturated heterocycles. The normalized spacial score (nSPS) is 14.3. The lowest BCUT2D eigenvalue weighted by molar-refractivity contribution is -0.140. The number of hydrogen-bond donors (Lipinski definition) is 1. The number of nitrogens with zero attached hydrogens (tertiary/aromatic N) is 2. The van der Waals surface area contributed by atoms with Crippen molar-refractivity contribution in [2.75, 3.05) is 18.0 Å². The highest BCUT2D eigenvalue weighted by Crippen LogP contribution is 2.31. The molecule has 0 unspecified atom stereocenters. The predicted octanol–water partition coefficient (Wildman–Crippen LogP) is 5.72. The lowest BCUT2D eigenvalue weighted by atomic mass is 10.1. The molecule has 10 heteroatoms. The van der Waals surface area contributed by atoms with Crippen LogP contribution in [0.25, 0.3) is 0 Å². The van der Waals surface area contributed by atoms with Gasteiger partial charge in [0.15, 0.2) is 0 Å². The summed E-state index contributed by atoms with van der Waals surface area (Å²) in [5, 5.41) is 3.31. The van der Waals surface area contributed by atoms with E-state index >= 15 is 0 Å². The zero-order chi connectivity index (χ0) is 30.3. The Morgan fingerprint density at radius 2 is 1.64 bits per heavy atom. The quantitative estimate of drug-likeness (QED) is 0.283. The molecule has 8 nitrogen and oxygen atoms in total. The van der Waals surface area contributed by atoms with Gasteiger partial charge in [-0.25, -0.2) is 8.42 Å². The van der Waals surface area contributed by atoms with E-state index in [1.807, 2.05) is 26.0 Å². The molecule has 2 amide bonds. The van der Waals surface area contributed by atoms with Crippen LogP contribution in [-0.2, 0) is 26.2 Å². The maximum absolute atomic E-state index is 14.2. The minimum Gasteiger partial charge on any atom is -0.497 e. The van der Waals surface area contributed by atoms with E-state index in [4.69, 9.17) is 16.3 Å². The van der Waals surface area contributed by atoms with E-state index in [0.29, 0.717) is 12.2 Å². The molecule has 0 spiro atoms.